The van der Waals surface area contributed by atoms with E-state index in [9.17, 15) is 28.3 Å². The number of allylic oxidation sites excluding steroid dienone is 2. The molecule has 4 heterocycles. The molecule has 1 amide bonds. The summed E-state index contributed by atoms with van der Waals surface area (Å²) < 4.78 is 49.2. The first-order chi connectivity index (χ1) is 21.2. The number of aliphatic hydroxyl groups is 1. The van der Waals surface area contributed by atoms with Crippen molar-refractivity contribution in [2.24, 2.45) is 5.73 Å². The summed E-state index contributed by atoms with van der Waals surface area (Å²) in [5.74, 6) is -0.116. The van der Waals surface area contributed by atoms with E-state index in [1.807, 2.05) is 11.9 Å². The predicted octanol–water partition coefficient (Wildman–Crippen LogP) is 3.37. The SMILES string of the molecule is C=CC(=O)N1CCN(c2nc(OC[C@H]3CCCN3C)nc3c2CCN(C2(C)CC(O)=CC(Cl)=C2C(F)(F)F)C3)C[C@@]1(N)CC#N. The number of amides is 1. The molecule has 3 aliphatic heterocycles. The summed E-state index contributed by atoms with van der Waals surface area (Å²) in [6, 6.07) is 2.33. The Morgan fingerprint density at radius 2 is 2.09 bits per heavy atom. The second-order valence-electron chi connectivity index (χ2n) is 12.4. The number of rotatable bonds is 7. The molecule has 5 rings (SSSR count). The summed E-state index contributed by atoms with van der Waals surface area (Å²) in [6.45, 7) is 7.12. The van der Waals surface area contributed by atoms with Gasteiger partial charge in [-0.2, -0.15) is 28.4 Å². The van der Waals surface area contributed by atoms with E-state index in [4.69, 9.17) is 32.0 Å². The van der Waals surface area contributed by atoms with Crippen molar-refractivity contribution >= 4 is 23.3 Å². The molecule has 0 spiro atoms. The number of ether oxygens (including phenoxy) is 1. The van der Waals surface area contributed by atoms with Gasteiger partial charge in [0.15, 0.2) is 0 Å². The van der Waals surface area contributed by atoms with E-state index in [-0.39, 0.29) is 62.7 Å². The number of carbonyl (C=O) groups is 1. The number of carbonyl (C=O) groups excluding carboxylic acids is 1. The number of hydrogen-bond acceptors (Lipinski definition) is 10. The fourth-order valence-electron chi connectivity index (χ4n) is 7.02. The molecule has 0 aromatic carbocycles. The molecule has 3 atom stereocenters. The minimum absolute atomic E-state index is 0.0128. The highest BCUT2D eigenvalue weighted by Crippen LogP contribution is 2.48. The zero-order valence-corrected chi connectivity index (χ0v) is 26.2. The van der Waals surface area contributed by atoms with Crippen molar-refractivity contribution in [2.45, 2.75) is 69.0 Å². The number of hydrogen-bond donors (Lipinski definition) is 2. The van der Waals surface area contributed by atoms with E-state index in [1.54, 1.807) is 4.90 Å². The average Bonchev–Trinajstić information content (AvgIpc) is 3.37. The number of aromatic nitrogens is 2. The number of likely N-dealkylation sites (N-methyl/N-ethyl adjacent to an activating group) is 1. The van der Waals surface area contributed by atoms with Crippen molar-refractivity contribution in [3.63, 3.8) is 0 Å². The highest BCUT2D eigenvalue weighted by Gasteiger charge is 2.53. The summed E-state index contributed by atoms with van der Waals surface area (Å²) in [7, 11) is 2.02. The van der Waals surface area contributed by atoms with E-state index >= 15 is 0 Å². The second kappa shape index (κ2) is 12.4. The smallest absolute Gasteiger partial charge is 0.415 e. The topological polar surface area (TPSA) is 135 Å². The van der Waals surface area contributed by atoms with E-state index in [0.717, 1.165) is 37.1 Å². The molecule has 2 fully saturated rings. The van der Waals surface area contributed by atoms with Gasteiger partial charge in [-0.1, -0.05) is 18.2 Å². The van der Waals surface area contributed by atoms with Gasteiger partial charge in [-0.3, -0.25) is 9.69 Å². The van der Waals surface area contributed by atoms with Crippen LogP contribution in [0.3, 0.4) is 0 Å². The van der Waals surface area contributed by atoms with Crippen molar-refractivity contribution in [3.05, 3.63) is 46.4 Å². The number of anilines is 1. The zero-order valence-electron chi connectivity index (χ0n) is 25.4. The maximum atomic E-state index is 14.4. The van der Waals surface area contributed by atoms with Crippen LogP contribution in [0, 0.1) is 11.3 Å². The van der Waals surface area contributed by atoms with Crippen molar-refractivity contribution in [1.29, 1.82) is 5.26 Å². The Morgan fingerprint density at radius 1 is 1.33 bits per heavy atom. The normalized spacial score (nSPS) is 28.0. The second-order valence-corrected chi connectivity index (χ2v) is 12.8. The van der Waals surface area contributed by atoms with Gasteiger partial charge in [-0.25, -0.2) is 0 Å². The lowest BCUT2D eigenvalue weighted by Gasteiger charge is -2.49. The fraction of sp³-hybridized carbons (Fsp3) is 0.600. The van der Waals surface area contributed by atoms with Gasteiger partial charge in [0.05, 0.1) is 46.6 Å². The first-order valence-corrected chi connectivity index (χ1v) is 15.3. The number of nitriles is 1. The number of aliphatic hydroxyl groups excluding tert-OH is 1. The molecule has 1 aromatic heterocycles. The third-order valence-electron chi connectivity index (χ3n) is 9.40. The van der Waals surface area contributed by atoms with E-state index in [2.05, 4.69) is 17.5 Å². The molecular weight excluding hydrogens is 613 g/mol. The maximum Gasteiger partial charge on any atom is 0.415 e. The third kappa shape index (κ3) is 6.36. The molecule has 45 heavy (non-hydrogen) atoms. The maximum absolute atomic E-state index is 14.4. The quantitative estimate of drug-likeness (QED) is 0.423. The summed E-state index contributed by atoms with van der Waals surface area (Å²) in [5.41, 5.74) is 3.98. The summed E-state index contributed by atoms with van der Waals surface area (Å²) in [4.78, 5) is 29.2. The Morgan fingerprint density at radius 3 is 2.73 bits per heavy atom. The monoisotopic (exact) mass is 650 g/mol. The van der Waals surface area contributed by atoms with E-state index in [1.165, 1.54) is 11.8 Å². The number of piperazine rings is 1. The van der Waals surface area contributed by atoms with Gasteiger partial charge in [0, 0.05) is 44.2 Å². The largest absolute Gasteiger partial charge is 0.512 e. The molecule has 3 N–H and O–H groups in total. The molecule has 1 aliphatic carbocycles. The zero-order chi connectivity index (χ0) is 32.7. The molecule has 244 valence electrons. The minimum Gasteiger partial charge on any atom is -0.512 e. The Bertz CT molecular complexity index is 1460. The number of fused-ring (bicyclic) bond motifs is 1. The van der Waals surface area contributed by atoms with Gasteiger partial charge in [-0.15, -0.1) is 0 Å². The first-order valence-electron chi connectivity index (χ1n) is 14.9. The number of alkyl halides is 3. The van der Waals surface area contributed by atoms with E-state index < -0.39 is 28.0 Å². The molecule has 1 unspecified atom stereocenters. The first kappa shape index (κ1) is 33.0. The van der Waals surface area contributed by atoms with Gasteiger partial charge in [0.25, 0.3) is 0 Å². The van der Waals surface area contributed by atoms with Gasteiger partial charge >= 0.3 is 12.2 Å². The molecule has 0 bridgehead atoms. The molecular formula is C30H38ClF3N8O3. The summed E-state index contributed by atoms with van der Waals surface area (Å²) in [5, 5.41) is 19.4. The summed E-state index contributed by atoms with van der Waals surface area (Å²) >= 11 is 6.10. The van der Waals surface area contributed by atoms with Crippen LogP contribution in [0.5, 0.6) is 6.01 Å². The molecule has 11 nitrogen and oxygen atoms in total. The van der Waals surface area contributed by atoms with Crippen molar-refractivity contribution in [3.8, 4) is 12.1 Å². The highest BCUT2D eigenvalue weighted by atomic mass is 35.5. The van der Waals surface area contributed by atoms with Crippen molar-refractivity contribution in [2.75, 3.05) is 51.3 Å². The van der Waals surface area contributed by atoms with Crippen LogP contribution in [0.25, 0.3) is 0 Å². The van der Waals surface area contributed by atoms with Crippen LogP contribution in [0.1, 0.15) is 43.9 Å². The van der Waals surface area contributed by atoms with Crippen molar-refractivity contribution < 1.29 is 27.8 Å². The minimum atomic E-state index is -4.73. The lowest BCUT2D eigenvalue weighted by molar-refractivity contribution is -0.132. The van der Waals surface area contributed by atoms with Crippen LogP contribution < -0.4 is 15.4 Å². The molecule has 4 aliphatic rings. The highest BCUT2D eigenvalue weighted by molar-refractivity contribution is 6.32. The van der Waals surface area contributed by atoms with Gasteiger partial charge < -0.3 is 30.3 Å². The summed E-state index contributed by atoms with van der Waals surface area (Å²) in [6.07, 6.45) is -0.734. The van der Waals surface area contributed by atoms with Crippen LogP contribution in [0.15, 0.2) is 35.1 Å². The molecule has 15 heteroatoms. The standard InChI is InChI=1S/C30H38ClF3N8O3/c1-4-24(44)42-13-12-40(18-29(42,36)8-9-35)26-21-7-11-41(28(2)15-20(43)14-22(31)25(28)30(32,33)34)16-23(21)37-27(38-26)45-17-19-6-5-10-39(19)3/h4,14,19,43H,1,5-8,10-13,15-18,36H2,2-3H3/t19-,28?,29-/m1/s1. The third-order valence-corrected chi connectivity index (χ3v) is 9.70. The average molecular weight is 651 g/mol. The Balaban J connectivity index is 1.52. The number of nitrogens with two attached hydrogens (primary N) is 1. The fourth-order valence-corrected chi connectivity index (χ4v) is 7.46. The molecule has 0 saturated carbocycles. The van der Waals surface area contributed by atoms with Crippen LogP contribution in [-0.2, 0) is 17.8 Å². The van der Waals surface area contributed by atoms with Crippen LogP contribution >= 0.6 is 11.6 Å². The van der Waals surface area contributed by atoms with Crippen LogP contribution in [-0.4, -0.2) is 105 Å². The lowest BCUT2D eigenvalue weighted by atomic mass is 9.80. The Hall–Kier alpha value is -3.38. The van der Waals surface area contributed by atoms with Gasteiger partial charge in [0.2, 0.25) is 5.91 Å². The molecule has 2 saturated heterocycles. The van der Waals surface area contributed by atoms with Gasteiger partial charge in [0.1, 0.15) is 18.1 Å². The van der Waals surface area contributed by atoms with Crippen LogP contribution in [0.2, 0.25) is 0 Å². The van der Waals surface area contributed by atoms with Crippen LogP contribution in [0.4, 0.5) is 19.0 Å². The number of halogens is 4. The number of nitrogens with zero attached hydrogens (tertiary/aromatic N) is 7. The van der Waals surface area contributed by atoms with Crippen molar-refractivity contribution in [1.82, 2.24) is 24.7 Å². The lowest BCUT2D eigenvalue weighted by Crippen LogP contribution is -2.69. The number of likely N-dealkylation sites (tertiary alicyclic amines) is 1. The van der Waals surface area contributed by atoms with E-state index in [0.29, 0.717) is 31.1 Å². The van der Waals surface area contributed by atoms with Gasteiger partial charge in [-0.05, 0) is 51.9 Å². The molecule has 0 radical (unpaired) electrons. The Labute approximate surface area is 265 Å². The Kier molecular flexibility index (Phi) is 9.12. The molecule has 1 aromatic rings. The predicted molar refractivity (Wildman–Crippen MR) is 161 cm³/mol.